The molecular formula is C22H27NO3. The molecule has 1 N–H and O–H groups in total. The number of aryl methyl sites for hydroxylation is 1. The van der Waals surface area contributed by atoms with Crippen LogP contribution in [0.5, 0.6) is 5.75 Å². The molecule has 4 nitrogen and oxygen atoms in total. The first kappa shape index (κ1) is 19.7. The lowest BCUT2D eigenvalue weighted by Crippen LogP contribution is -2.49. The average Bonchev–Trinajstić information content (AvgIpc) is 2.56. The Kier molecular flexibility index (Phi) is 6.19. The van der Waals surface area contributed by atoms with Crippen LogP contribution in [0.2, 0.25) is 0 Å². The Balaban J connectivity index is 2.00. The van der Waals surface area contributed by atoms with Crippen LogP contribution in [0.3, 0.4) is 0 Å². The summed E-state index contributed by atoms with van der Waals surface area (Å²) in [5.41, 5.74) is 2.58. The zero-order valence-electron chi connectivity index (χ0n) is 16.1. The standard InChI is InChI=1S/C22H27NO3/c1-15-9-6-7-10-19(15)14-22(4,5)23-21(25)17(3)26-20-12-8-11-18(13-20)16(2)24/h6-13,17H,14H2,1-5H3,(H,23,25). The molecule has 0 aromatic heterocycles. The molecule has 138 valence electrons. The normalized spacial score (nSPS) is 12.3. The zero-order chi connectivity index (χ0) is 19.3. The van der Waals surface area contributed by atoms with E-state index in [0.717, 1.165) is 6.42 Å². The smallest absolute Gasteiger partial charge is 0.261 e. The summed E-state index contributed by atoms with van der Waals surface area (Å²) in [5.74, 6) is 0.292. The quantitative estimate of drug-likeness (QED) is 0.763. The summed E-state index contributed by atoms with van der Waals surface area (Å²) in [7, 11) is 0. The van der Waals surface area contributed by atoms with Gasteiger partial charge >= 0.3 is 0 Å². The van der Waals surface area contributed by atoms with Gasteiger partial charge in [0.2, 0.25) is 0 Å². The van der Waals surface area contributed by atoms with Gasteiger partial charge < -0.3 is 10.1 Å². The van der Waals surface area contributed by atoms with Crippen molar-refractivity contribution in [2.45, 2.75) is 52.7 Å². The van der Waals surface area contributed by atoms with Gasteiger partial charge in [-0.1, -0.05) is 36.4 Å². The average molecular weight is 353 g/mol. The molecule has 0 heterocycles. The molecule has 0 aliphatic rings. The summed E-state index contributed by atoms with van der Waals surface area (Å²) in [6.45, 7) is 9.28. The second-order valence-electron chi connectivity index (χ2n) is 7.32. The molecule has 0 spiro atoms. The molecule has 2 rings (SSSR count). The maximum absolute atomic E-state index is 12.6. The van der Waals surface area contributed by atoms with Crippen LogP contribution in [-0.4, -0.2) is 23.3 Å². The highest BCUT2D eigenvalue weighted by molar-refractivity contribution is 5.94. The number of ether oxygens (including phenoxy) is 1. The number of carbonyl (C=O) groups is 2. The van der Waals surface area contributed by atoms with Gasteiger partial charge in [0.1, 0.15) is 5.75 Å². The summed E-state index contributed by atoms with van der Waals surface area (Å²) in [6.07, 6.45) is 0.0752. The van der Waals surface area contributed by atoms with E-state index >= 15 is 0 Å². The van der Waals surface area contributed by atoms with Crippen LogP contribution < -0.4 is 10.1 Å². The zero-order valence-corrected chi connectivity index (χ0v) is 16.1. The summed E-state index contributed by atoms with van der Waals surface area (Å²) < 4.78 is 5.72. The van der Waals surface area contributed by atoms with E-state index in [1.807, 2.05) is 26.0 Å². The molecule has 1 atom stereocenters. The summed E-state index contributed by atoms with van der Waals surface area (Å²) in [6, 6.07) is 15.0. The van der Waals surface area contributed by atoms with Crippen molar-refractivity contribution in [2.75, 3.05) is 0 Å². The molecule has 0 aliphatic heterocycles. The van der Waals surface area contributed by atoms with E-state index < -0.39 is 11.6 Å². The van der Waals surface area contributed by atoms with Crippen molar-refractivity contribution in [3.8, 4) is 5.75 Å². The number of carbonyl (C=O) groups excluding carboxylic acids is 2. The molecule has 0 aliphatic carbocycles. The fraction of sp³-hybridized carbons (Fsp3) is 0.364. The maximum atomic E-state index is 12.6. The van der Waals surface area contributed by atoms with Crippen LogP contribution in [0.1, 0.15) is 49.2 Å². The molecule has 0 saturated carbocycles. The Labute approximate surface area is 155 Å². The Morgan fingerprint density at radius 2 is 1.81 bits per heavy atom. The van der Waals surface area contributed by atoms with E-state index in [2.05, 4.69) is 24.4 Å². The van der Waals surface area contributed by atoms with Crippen molar-refractivity contribution < 1.29 is 14.3 Å². The van der Waals surface area contributed by atoms with Gasteiger partial charge in [-0.3, -0.25) is 9.59 Å². The minimum Gasteiger partial charge on any atom is -0.481 e. The van der Waals surface area contributed by atoms with Gasteiger partial charge in [0.05, 0.1) is 0 Å². The molecule has 0 bridgehead atoms. The van der Waals surface area contributed by atoms with Crippen LogP contribution in [-0.2, 0) is 11.2 Å². The number of rotatable bonds is 7. The second kappa shape index (κ2) is 8.17. The van der Waals surface area contributed by atoms with E-state index in [1.165, 1.54) is 18.1 Å². The lowest BCUT2D eigenvalue weighted by atomic mass is 9.92. The van der Waals surface area contributed by atoms with Gasteiger partial charge in [0.25, 0.3) is 5.91 Å². The number of benzene rings is 2. The molecule has 4 heteroatoms. The Hall–Kier alpha value is -2.62. The number of hydrogen-bond acceptors (Lipinski definition) is 3. The highest BCUT2D eigenvalue weighted by atomic mass is 16.5. The highest BCUT2D eigenvalue weighted by Crippen LogP contribution is 2.18. The molecular weight excluding hydrogens is 326 g/mol. The van der Waals surface area contributed by atoms with E-state index in [9.17, 15) is 9.59 Å². The third-order valence-electron chi connectivity index (χ3n) is 4.28. The Morgan fingerprint density at radius 3 is 2.46 bits per heavy atom. The lowest BCUT2D eigenvalue weighted by Gasteiger charge is -2.29. The molecule has 0 radical (unpaired) electrons. The maximum Gasteiger partial charge on any atom is 0.261 e. The number of ketones is 1. The predicted molar refractivity (Wildman–Crippen MR) is 104 cm³/mol. The van der Waals surface area contributed by atoms with E-state index in [1.54, 1.807) is 31.2 Å². The number of nitrogens with one attached hydrogen (secondary N) is 1. The molecule has 0 fully saturated rings. The molecule has 1 amide bonds. The van der Waals surface area contributed by atoms with Crippen LogP contribution >= 0.6 is 0 Å². The van der Waals surface area contributed by atoms with Crippen LogP contribution in [0, 0.1) is 6.92 Å². The highest BCUT2D eigenvalue weighted by Gasteiger charge is 2.25. The molecule has 2 aromatic rings. The molecule has 26 heavy (non-hydrogen) atoms. The first-order chi connectivity index (χ1) is 12.2. The minimum atomic E-state index is -0.659. The topological polar surface area (TPSA) is 55.4 Å². The van der Waals surface area contributed by atoms with E-state index in [-0.39, 0.29) is 11.7 Å². The Morgan fingerprint density at radius 1 is 1.12 bits per heavy atom. The van der Waals surface area contributed by atoms with Crippen molar-refractivity contribution in [1.82, 2.24) is 5.32 Å². The second-order valence-corrected chi connectivity index (χ2v) is 7.32. The third-order valence-corrected chi connectivity index (χ3v) is 4.28. The van der Waals surface area contributed by atoms with Gasteiger partial charge in [-0.25, -0.2) is 0 Å². The van der Waals surface area contributed by atoms with Gasteiger partial charge in [-0.15, -0.1) is 0 Å². The van der Waals surface area contributed by atoms with Crippen molar-refractivity contribution in [3.63, 3.8) is 0 Å². The fourth-order valence-corrected chi connectivity index (χ4v) is 2.81. The van der Waals surface area contributed by atoms with Crippen LogP contribution in [0.15, 0.2) is 48.5 Å². The Bertz CT molecular complexity index is 795. The van der Waals surface area contributed by atoms with E-state index in [0.29, 0.717) is 11.3 Å². The summed E-state index contributed by atoms with van der Waals surface area (Å²) in [4.78, 5) is 24.0. The van der Waals surface area contributed by atoms with Crippen molar-refractivity contribution in [2.24, 2.45) is 0 Å². The first-order valence-corrected chi connectivity index (χ1v) is 8.82. The van der Waals surface area contributed by atoms with Crippen molar-refractivity contribution in [1.29, 1.82) is 0 Å². The minimum absolute atomic E-state index is 0.0353. The van der Waals surface area contributed by atoms with Gasteiger partial charge in [0.15, 0.2) is 11.9 Å². The van der Waals surface area contributed by atoms with Crippen molar-refractivity contribution in [3.05, 3.63) is 65.2 Å². The monoisotopic (exact) mass is 353 g/mol. The SMILES string of the molecule is CC(=O)c1cccc(OC(C)C(=O)NC(C)(C)Cc2ccccc2C)c1. The molecule has 1 unspecified atom stereocenters. The predicted octanol–water partition coefficient (Wildman–Crippen LogP) is 4.10. The van der Waals surface area contributed by atoms with Crippen molar-refractivity contribution >= 4 is 11.7 Å². The lowest BCUT2D eigenvalue weighted by molar-refractivity contribution is -0.128. The molecule has 2 aromatic carbocycles. The first-order valence-electron chi connectivity index (χ1n) is 8.82. The number of hydrogen-bond donors (Lipinski definition) is 1. The summed E-state index contributed by atoms with van der Waals surface area (Å²) >= 11 is 0. The van der Waals surface area contributed by atoms with E-state index in [4.69, 9.17) is 4.74 Å². The third kappa shape index (κ3) is 5.45. The van der Waals surface area contributed by atoms with Gasteiger partial charge in [0, 0.05) is 11.1 Å². The molecule has 0 saturated heterocycles. The summed E-state index contributed by atoms with van der Waals surface area (Å²) in [5, 5.41) is 3.06. The largest absolute Gasteiger partial charge is 0.481 e. The van der Waals surface area contributed by atoms with Crippen LogP contribution in [0.25, 0.3) is 0 Å². The van der Waals surface area contributed by atoms with Gasteiger partial charge in [-0.2, -0.15) is 0 Å². The van der Waals surface area contributed by atoms with Gasteiger partial charge in [-0.05, 0) is 64.3 Å². The number of Topliss-reactive ketones (excluding diaryl/α,β-unsaturated/α-hetero) is 1. The van der Waals surface area contributed by atoms with Crippen LogP contribution in [0.4, 0.5) is 0 Å². The fourth-order valence-electron chi connectivity index (χ4n) is 2.81. The number of amides is 1.